The minimum absolute atomic E-state index is 0.00443. The summed E-state index contributed by atoms with van der Waals surface area (Å²) >= 11 is 0. The Bertz CT molecular complexity index is 1460. The highest BCUT2D eigenvalue weighted by molar-refractivity contribution is 7.91. The Morgan fingerprint density at radius 2 is 1.73 bits per heavy atom. The summed E-state index contributed by atoms with van der Waals surface area (Å²) in [5, 5.41) is 30.9. The summed E-state index contributed by atoms with van der Waals surface area (Å²) < 4.78 is 28.5. The van der Waals surface area contributed by atoms with Crippen LogP contribution in [0.5, 0.6) is 11.5 Å². The van der Waals surface area contributed by atoms with E-state index in [0.29, 0.717) is 16.8 Å². The lowest BCUT2D eigenvalue weighted by Gasteiger charge is -2.49. The van der Waals surface area contributed by atoms with Gasteiger partial charge in [0.15, 0.2) is 0 Å². The topological polar surface area (TPSA) is 98.1 Å². The summed E-state index contributed by atoms with van der Waals surface area (Å²) in [6.45, 7) is 1.98. The van der Waals surface area contributed by atoms with Crippen molar-refractivity contribution in [2.24, 2.45) is 0 Å². The van der Waals surface area contributed by atoms with Gasteiger partial charge >= 0.3 is 0 Å². The molecule has 192 valence electrons. The van der Waals surface area contributed by atoms with Gasteiger partial charge in [-0.25, -0.2) is 8.42 Å². The molecule has 5 rings (SSSR count). The molecule has 0 amide bonds. The molecule has 3 atom stereocenters. The summed E-state index contributed by atoms with van der Waals surface area (Å²) in [7, 11) is -3.67. The number of aliphatic hydroxyl groups is 1. The zero-order chi connectivity index (χ0) is 26.2. The molecule has 7 heteroatoms. The smallest absolute Gasteiger partial charge is 0.241 e. The van der Waals surface area contributed by atoms with E-state index < -0.39 is 27.4 Å². The van der Waals surface area contributed by atoms with Crippen LogP contribution in [-0.2, 0) is 10.0 Å². The highest BCUT2D eigenvalue weighted by Crippen LogP contribution is 2.50. The third-order valence-corrected chi connectivity index (χ3v) is 9.45. The number of aryl methyl sites for hydroxylation is 1. The number of aromatic hydroxyl groups is 2. The summed E-state index contributed by atoms with van der Waals surface area (Å²) in [5.74, 6) is 0.121. The van der Waals surface area contributed by atoms with Crippen LogP contribution in [0.3, 0.4) is 0 Å². The molecule has 37 heavy (non-hydrogen) atoms. The van der Waals surface area contributed by atoms with Crippen LogP contribution in [0.1, 0.15) is 54.5 Å². The van der Waals surface area contributed by atoms with E-state index in [4.69, 9.17) is 0 Å². The van der Waals surface area contributed by atoms with Crippen molar-refractivity contribution in [1.29, 1.82) is 0 Å². The second-order valence-corrected chi connectivity index (χ2v) is 11.8. The average Bonchev–Trinajstić information content (AvgIpc) is 2.88. The normalized spacial score (nSPS) is 21.2. The van der Waals surface area contributed by atoms with Crippen LogP contribution < -0.4 is 0 Å². The van der Waals surface area contributed by atoms with Gasteiger partial charge in [-0.1, -0.05) is 66.2 Å². The number of phenols is 2. The van der Waals surface area contributed by atoms with E-state index in [1.54, 1.807) is 30.3 Å². The molecule has 2 aliphatic rings. The maximum Gasteiger partial charge on any atom is 0.241 e. The first-order valence-electron chi connectivity index (χ1n) is 12.5. The first kappa shape index (κ1) is 25.1. The quantitative estimate of drug-likeness (QED) is 0.364. The van der Waals surface area contributed by atoms with E-state index in [0.717, 1.165) is 29.5 Å². The molecular weight excluding hydrogens is 486 g/mol. The van der Waals surface area contributed by atoms with Gasteiger partial charge in [-0.15, -0.1) is 0 Å². The zero-order valence-corrected chi connectivity index (χ0v) is 21.5. The first-order valence-corrected chi connectivity index (χ1v) is 14.0. The molecule has 0 spiro atoms. The van der Waals surface area contributed by atoms with Crippen molar-refractivity contribution in [2.75, 3.05) is 0 Å². The Labute approximate surface area is 217 Å². The molecule has 6 nitrogen and oxygen atoms in total. The summed E-state index contributed by atoms with van der Waals surface area (Å²) in [5.41, 5.74) is 4.44. The van der Waals surface area contributed by atoms with Crippen molar-refractivity contribution in [3.8, 4) is 22.6 Å². The number of sulfonamides is 1. The number of benzene rings is 3. The summed E-state index contributed by atoms with van der Waals surface area (Å²) in [4.78, 5) is 0. The van der Waals surface area contributed by atoms with E-state index >= 15 is 0 Å². The lowest BCUT2D eigenvalue weighted by molar-refractivity contribution is 0.156. The molecule has 0 bridgehead atoms. The van der Waals surface area contributed by atoms with Gasteiger partial charge in [0.05, 0.1) is 12.1 Å². The Morgan fingerprint density at radius 3 is 2.41 bits per heavy atom. The number of phenolic OH excluding ortho intramolecular Hbond substituents is 2. The molecule has 1 heterocycles. The molecule has 3 unspecified atom stereocenters. The van der Waals surface area contributed by atoms with Crippen LogP contribution in [-0.4, -0.2) is 33.3 Å². The average molecular weight is 518 g/mol. The number of aliphatic hydroxyl groups excluding tert-OH is 1. The van der Waals surface area contributed by atoms with E-state index in [1.165, 1.54) is 4.31 Å². The van der Waals surface area contributed by atoms with E-state index in [2.05, 4.69) is 0 Å². The van der Waals surface area contributed by atoms with Crippen molar-refractivity contribution in [1.82, 2.24) is 4.31 Å². The van der Waals surface area contributed by atoms with Crippen molar-refractivity contribution < 1.29 is 23.7 Å². The van der Waals surface area contributed by atoms with Crippen molar-refractivity contribution in [3.63, 3.8) is 0 Å². The number of nitrogens with zero attached hydrogens (tertiary/aromatic N) is 1. The van der Waals surface area contributed by atoms with Gasteiger partial charge < -0.3 is 15.3 Å². The summed E-state index contributed by atoms with van der Waals surface area (Å²) in [6.07, 6.45) is 7.07. The molecule has 3 aromatic rings. The molecule has 1 saturated heterocycles. The van der Waals surface area contributed by atoms with Crippen molar-refractivity contribution in [2.45, 2.75) is 50.0 Å². The maximum absolute atomic E-state index is 13.5. The molecule has 0 aromatic heterocycles. The minimum Gasteiger partial charge on any atom is -0.508 e. The van der Waals surface area contributed by atoms with Gasteiger partial charge in [0, 0.05) is 11.3 Å². The number of hydrogen-bond acceptors (Lipinski definition) is 5. The Morgan fingerprint density at radius 1 is 0.973 bits per heavy atom. The molecule has 0 radical (unpaired) electrons. The number of rotatable bonds is 7. The standard InChI is InChI=1S/C30H31NO5S/c1-20-10-12-21(13-11-20)27(33)16-17-29-30(31(37(29,35)36)24-7-3-2-4-8-24)26-15-14-23(19-28(26)34)22-6-5-9-25(32)18-22/h3,5-15,18-19,27,29-30,32-34H,2,4,16-17H2,1H3. The van der Waals surface area contributed by atoms with Gasteiger partial charge in [0.2, 0.25) is 10.0 Å². The van der Waals surface area contributed by atoms with Gasteiger partial charge in [0.25, 0.3) is 0 Å². The number of allylic oxidation sites excluding steroid dienone is 3. The fourth-order valence-corrected chi connectivity index (χ4v) is 7.33. The lowest BCUT2D eigenvalue weighted by atomic mass is 9.93. The third-order valence-electron chi connectivity index (χ3n) is 7.21. The fraction of sp³-hybridized carbons (Fsp3) is 0.267. The van der Waals surface area contributed by atoms with Crippen LogP contribution in [0.15, 0.2) is 90.7 Å². The zero-order valence-electron chi connectivity index (χ0n) is 20.7. The van der Waals surface area contributed by atoms with Gasteiger partial charge in [-0.05, 0) is 73.6 Å². The van der Waals surface area contributed by atoms with Crippen LogP contribution in [0.25, 0.3) is 11.1 Å². The Hall–Kier alpha value is -3.55. The van der Waals surface area contributed by atoms with Crippen molar-refractivity contribution >= 4 is 10.0 Å². The Kier molecular flexibility index (Phi) is 6.84. The predicted octanol–water partition coefficient (Wildman–Crippen LogP) is 5.88. The highest BCUT2D eigenvalue weighted by Gasteiger charge is 2.55. The van der Waals surface area contributed by atoms with E-state index in [9.17, 15) is 23.7 Å². The maximum atomic E-state index is 13.5. The SMILES string of the molecule is Cc1ccc(C(O)CCC2C(c3ccc(-c4cccc(O)c4)cc3O)N(C3=CCCC=C3)S2(=O)=O)cc1. The second kappa shape index (κ2) is 10.1. The third kappa shape index (κ3) is 4.89. The van der Waals surface area contributed by atoms with Crippen LogP contribution in [0.2, 0.25) is 0 Å². The summed E-state index contributed by atoms with van der Waals surface area (Å²) in [6, 6.07) is 19.0. The first-order chi connectivity index (χ1) is 17.8. The van der Waals surface area contributed by atoms with Crippen molar-refractivity contribution in [3.05, 3.63) is 107 Å². The molecule has 3 N–H and O–H groups in total. The molecule has 1 aliphatic carbocycles. The second-order valence-electron chi connectivity index (χ2n) is 9.76. The van der Waals surface area contributed by atoms with Gasteiger partial charge in [-0.2, -0.15) is 0 Å². The lowest BCUT2D eigenvalue weighted by Crippen LogP contribution is -2.57. The predicted molar refractivity (Wildman–Crippen MR) is 144 cm³/mol. The highest BCUT2D eigenvalue weighted by atomic mass is 32.2. The van der Waals surface area contributed by atoms with Gasteiger partial charge in [-0.3, -0.25) is 4.31 Å². The molecule has 1 fully saturated rings. The molecule has 0 saturated carbocycles. The fourth-order valence-electron chi connectivity index (χ4n) is 5.20. The minimum atomic E-state index is -3.67. The monoisotopic (exact) mass is 517 g/mol. The van der Waals surface area contributed by atoms with Crippen LogP contribution in [0.4, 0.5) is 0 Å². The van der Waals surface area contributed by atoms with Crippen LogP contribution in [0, 0.1) is 6.92 Å². The molecular formula is C30H31NO5S. The largest absolute Gasteiger partial charge is 0.508 e. The van der Waals surface area contributed by atoms with E-state index in [1.807, 2.05) is 61.5 Å². The Balaban J connectivity index is 1.46. The molecule has 1 aliphatic heterocycles. The van der Waals surface area contributed by atoms with E-state index in [-0.39, 0.29) is 24.3 Å². The number of hydrogen-bond donors (Lipinski definition) is 3. The molecule has 3 aromatic carbocycles. The van der Waals surface area contributed by atoms with Crippen LogP contribution >= 0.6 is 0 Å². The van der Waals surface area contributed by atoms with Gasteiger partial charge in [0.1, 0.15) is 16.7 Å².